The predicted octanol–water partition coefficient (Wildman–Crippen LogP) is 3.54. The number of rotatable bonds is 5. The van der Waals surface area contributed by atoms with Crippen molar-refractivity contribution in [3.63, 3.8) is 0 Å². The average molecular weight is 426 g/mol. The molecular formula is C23H26N2O6. The van der Waals surface area contributed by atoms with Crippen molar-refractivity contribution in [2.75, 3.05) is 24.4 Å². The number of carboxylic acid groups (broad SMARTS) is 1. The van der Waals surface area contributed by atoms with Crippen LogP contribution in [0.3, 0.4) is 0 Å². The Hall–Kier alpha value is -3.55. The molecule has 4 rings (SSSR count). The van der Waals surface area contributed by atoms with Crippen molar-refractivity contribution in [1.82, 2.24) is 0 Å². The van der Waals surface area contributed by atoms with Crippen LogP contribution < -0.4 is 20.1 Å². The molecule has 2 amide bonds. The molecule has 8 nitrogen and oxygen atoms in total. The van der Waals surface area contributed by atoms with E-state index in [-0.39, 0.29) is 24.2 Å². The van der Waals surface area contributed by atoms with Gasteiger partial charge in [0.05, 0.1) is 19.4 Å². The van der Waals surface area contributed by atoms with Gasteiger partial charge in [0.1, 0.15) is 11.5 Å². The summed E-state index contributed by atoms with van der Waals surface area (Å²) in [5, 5.41) is 12.8. The first kappa shape index (κ1) is 22.1. The van der Waals surface area contributed by atoms with E-state index in [4.69, 9.17) is 19.4 Å². The van der Waals surface area contributed by atoms with Crippen LogP contribution in [0.5, 0.6) is 11.5 Å². The van der Waals surface area contributed by atoms with Crippen LogP contribution in [0.2, 0.25) is 0 Å². The molecule has 1 unspecified atom stereocenters. The van der Waals surface area contributed by atoms with Gasteiger partial charge in [0.25, 0.3) is 6.47 Å². The summed E-state index contributed by atoms with van der Waals surface area (Å²) in [5.74, 6) is 1.30. The Morgan fingerprint density at radius 2 is 2.13 bits per heavy atom. The molecule has 2 aromatic rings. The molecule has 2 aliphatic rings. The van der Waals surface area contributed by atoms with E-state index in [1.807, 2.05) is 25.1 Å². The molecule has 3 N–H and O–H groups in total. The van der Waals surface area contributed by atoms with Crippen LogP contribution in [-0.4, -0.2) is 37.1 Å². The minimum Gasteiger partial charge on any atom is -0.494 e. The number of carbonyl (C=O) groups excluding carboxylic acids is 2. The maximum absolute atomic E-state index is 12.3. The number of anilines is 2. The molecule has 8 heteroatoms. The zero-order chi connectivity index (χ0) is 22.4. The Balaban J connectivity index is 0.000000858. The average Bonchev–Trinajstić information content (AvgIpc) is 3.21. The van der Waals surface area contributed by atoms with Gasteiger partial charge in [-0.15, -0.1) is 0 Å². The molecule has 0 saturated heterocycles. The van der Waals surface area contributed by atoms with Gasteiger partial charge in [0.15, 0.2) is 0 Å². The molecule has 1 atom stereocenters. The Bertz CT molecular complexity index is 988. The first-order chi connectivity index (χ1) is 15.0. The summed E-state index contributed by atoms with van der Waals surface area (Å²) < 4.78 is 11.0. The van der Waals surface area contributed by atoms with Gasteiger partial charge in [-0.05, 0) is 35.2 Å². The fourth-order valence-electron chi connectivity index (χ4n) is 3.92. The van der Waals surface area contributed by atoms with Crippen molar-refractivity contribution in [3.05, 3.63) is 47.0 Å². The molecule has 0 radical (unpaired) electrons. The number of methoxy groups -OCH3 is 1. The third-order valence-corrected chi connectivity index (χ3v) is 5.28. The lowest BCUT2D eigenvalue weighted by molar-refractivity contribution is -0.123. The summed E-state index contributed by atoms with van der Waals surface area (Å²) >= 11 is 0. The van der Waals surface area contributed by atoms with E-state index in [9.17, 15) is 9.59 Å². The lowest BCUT2D eigenvalue weighted by Crippen LogP contribution is -2.24. The maximum atomic E-state index is 12.3. The maximum Gasteiger partial charge on any atom is 0.290 e. The molecular weight excluding hydrogens is 400 g/mol. The smallest absolute Gasteiger partial charge is 0.290 e. The molecule has 2 heterocycles. The Kier molecular flexibility index (Phi) is 7.12. The highest BCUT2D eigenvalue weighted by atomic mass is 16.5. The van der Waals surface area contributed by atoms with E-state index in [2.05, 4.69) is 16.7 Å². The monoisotopic (exact) mass is 426 g/mol. The fourth-order valence-corrected chi connectivity index (χ4v) is 3.92. The van der Waals surface area contributed by atoms with Crippen molar-refractivity contribution in [2.45, 2.75) is 38.5 Å². The van der Waals surface area contributed by atoms with Gasteiger partial charge in [-0.2, -0.15) is 0 Å². The van der Waals surface area contributed by atoms with Gasteiger partial charge in [-0.25, -0.2) is 0 Å². The Morgan fingerprint density at radius 3 is 2.84 bits per heavy atom. The van der Waals surface area contributed by atoms with Crippen molar-refractivity contribution in [3.8, 4) is 11.5 Å². The van der Waals surface area contributed by atoms with Crippen LogP contribution in [0, 0.1) is 0 Å². The normalized spacial score (nSPS) is 15.9. The second kappa shape index (κ2) is 9.97. The summed E-state index contributed by atoms with van der Waals surface area (Å²) in [7, 11) is 1.56. The molecule has 0 aromatic heterocycles. The van der Waals surface area contributed by atoms with E-state index >= 15 is 0 Å². The van der Waals surface area contributed by atoms with Gasteiger partial charge >= 0.3 is 0 Å². The molecule has 0 aliphatic carbocycles. The molecule has 164 valence electrons. The van der Waals surface area contributed by atoms with Gasteiger partial charge in [-0.3, -0.25) is 14.4 Å². The fraction of sp³-hybridized carbons (Fsp3) is 0.348. The number of benzene rings is 2. The van der Waals surface area contributed by atoms with Gasteiger partial charge in [0.2, 0.25) is 11.8 Å². The first-order valence-electron chi connectivity index (χ1n) is 10.2. The molecule has 0 spiro atoms. The number of amides is 2. The molecule has 0 saturated carbocycles. The quantitative estimate of drug-likeness (QED) is 0.630. The molecule has 31 heavy (non-hydrogen) atoms. The standard InChI is InChI=1S/C22H24N2O4.CH2O2/c1-3-4-21(25)24-18-10-16-15(11-22(26)23-17(16)12-20(18)27-2)13-5-6-19-14(9-13)7-8-28-19;2-1-3/h5-6,9-10,12,15H,3-4,7-8,11H2,1-2H3,(H,23,26)(H,24,25);1H,(H,2,3). The highest BCUT2D eigenvalue weighted by Gasteiger charge is 2.29. The Morgan fingerprint density at radius 1 is 1.35 bits per heavy atom. The number of nitrogens with one attached hydrogen (secondary N) is 2. The van der Waals surface area contributed by atoms with Crippen LogP contribution in [0.1, 0.15) is 48.8 Å². The van der Waals surface area contributed by atoms with E-state index in [1.54, 1.807) is 13.2 Å². The zero-order valence-corrected chi connectivity index (χ0v) is 17.6. The molecule has 2 aromatic carbocycles. The van der Waals surface area contributed by atoms with E-state index in [1.165, 1.54) is 5.56 Å². The topological polar surface area (TPSA) is 114 Å². The third-order valence-electron chi connectivity index (χ3n) is 5.28. The van der Waals surface area contributed by atoms with Crippen molar-refractivity contribution >= 4 is 29.7 Å². The van der Waals surface area contributed by atoms with Crippen molar-refractivity contribution < 1.29 is 29.0 Å². The van der Waals surface area contributed by atoms with E-state index in [0.29, 0.717) is 30.9 Å². The van der Waals surface area contributed by atoms with Crippen LogP contribution in [0.15, 0.2) is 30.3 Å². The minimum absolute atomic E-state index is 0.0286. The van der Waals surface area contributed by atoms with E-state index in [0.717, 1.165) is 35.4 Å². The summed E-state index contributed by atoms with van der Waals surface area (Å²) in [5.41, 5.74) is 4.59. The number of hydrogen-bond acceptors (Lipinski definition) is 5. The summed E-state index contributed by atoms with van der Waals surface area (Å²) in [6.45, 7) is 2.41. The van der Waals surface area contributed by atoms with Gasteiger partial charge in [-0.1, -0.05) is 19.1 Å². The third kappa shape index (κ3) is 4.96. The molecule has 2 aliphatic heterocycles. The number of carbonyl (C=O) groups is 3. The second-order valence-electron chi connectivity index (χ2n) is 7.31. The number of hydrogen-bond donors (Lipinski definition) is 3. The predicted molar refractivity (Wildman–Crippen MR) is 116 cm³/mol. The number of ether oxygens (including phenoxy) is 2. The lowest BCUT2D eigenvalue weighted by atomic mass is 9.83. The van der Waals surface area contributed by atoms with Crippen LogP contribution in [-0.2, 0) is 20.8 Å². The lowest BCUT2D eigenvalue weighted by Gasteiger charge is -2.28. The molecule has 0 fully saturated rings. The van der Waals surface area contributed by atoms with Crippen LogP contribution >= 0.6 is 0 Å². The highest BCUT2D eigenvalue weighted by molar-refractivity contribution is 5.98. The zero-order valence-electron chi connectivity index (χ0n) is 17.6. The first-order valence-corrected chi connectivity index (χ1v) is 10.2. The van der Waals surface area contributed by atoms with Gasteiger partial charge < -0.3 is 25.2 Å². The second-order valence-corrected chi connectivity index (χ2v) is 7.31. The number of fused-ring (bicyclic) bond motifs is 2. The van der Waals surface area contributed by atoms with Gasteiger partial charge in [0, 0.05) is 36.9 Å². The van der Waals surface area contributed by atoms with Crippen LogP contribution in [0.4, 0.5) is 11.4 Å². The minimum atomic E-state index is -0.250. The largest absolute Gasteiger partial charge is 0.494 e. The summed E-state index contributed by atoms with van der Waals surface area (Å²) in [6, 6.07) is 9.86. The van der Waals surface area contributed by atoms with Crippen molar-refractivity contribution in [2.24, 2.45) is 0 Å². The molecule has 0 bridgehead atoms. The summed E-state index contributed by atoms with van der Waals surface area (Å²) in [6.07, 6.45) is 2.47. The van der Waals surface area contributed by atoms with E-state index < -0.39 is 0 Å². The summed E-state index contributed by atoms with van der Waals surface area (Å²) in [4.78, 5) is 32.8. The highest BCUT2D eigenvalue weighted by Crippen LogP contribution is 2.43. The SMILES string of the molecule is CCCC(=O)Nc1cc2c(cc1OC)NC(=O)CC2c1ccc2c(c1)CCO2.O=CO. The Labute approximate surface area is 180 Å². The van der Waals surface area contributed by atoms with Crippen molar-refractivity contribution in [1.29, 1.82) is 0 Å². The van der Waals surface area contributed by atoms with Crippen LogP contribution in [0.25, 0.3) is 0 Å².